The van der Waals surface area contributed by atoms with Crippen LogP contribution in [0.2, 0.25) is 0 Å². The SMILES string of the molecule is CC1(C)c2ccccc2-c2c1c1cc(-c3ccccc3[N+](=O)[O-])ccc1n2-c1ccccc1. The van der Waals surface area contributed by atoms with Crippen molar-refractivity contribution in [3.8, 4) is 28.1 Å². The number of hydrogen-bond acceptors (Lipinski definition) is 2. The summed E-state index contributed by atoms with van der Waals surface area (Å²) >= 11 is 0. The molecule has 0 unspecified atom stereocenters. The summed E-state index contributed by atoms with van der Waals surface area (Å²) in [5, 5.41) is 12.8. The summed E-state index contributed by atoms with van der Waals surface area (Å²) in [5.41, 5.74) is 8.66. The minimum Gasteiger partial charge on any atom is -0.309 e. The van der Waals surface area contributed by atoms with Crippen LogP contribution in [0.25, 0.3) is 39.0 Å². The normalized spacial score (nSPS) is 13.6. The van der Waals surface area contributed by atoms with Crippen LogP contribution in [0, 0.1) is 10.1 Å². The van der Waals surface area contributed by atoms with Crippen LogP contribution in [-0.4, -0.2) is 9.49 Å². The Morgan fingerprint density at radius 2 is 1.45 bits per heavy atom. The van der Waals surface area contributed by atoms with Gasteiger partial charge in [-0.25, -0.2) is 0 Å². The van der Waals surface area contributed by atoms with Gasteiger partial charge in [-0.1, -0.05) is 74.5 Å². The van der Waals surface area contributed by atoms with Crippen LogP contribution in [0.4, 0.5) is 5.69 Å². The second-order valence-corrected chi connectivity index (χ2v) is 9.07. The van der Waals surface area contributed by atoms with Gasteiger partial charge in [0.2, 0.25) is 0 Å². The molecule has 0 aliphatic heterocycles. The molecular formula is C29H22N2O2. The molecular weight excluding hydrogens is 408 g/mol. The van der Waals surface area contributed by atoms with Crippen molar-refractivity contribution in [3.05, 3.63) is 118 Å². The van der Waals surface area contributed by atoms with Crippen LogP contribution < -0.4 is 0 Å². The molecule has 0 amide bonds. The van der Waals surface area contributed by atoms with Crippen LogP contribution in [0.5, 0.6) is 0 Å². The van der Waals surface area contributed by atoms with E-state index in [4.69, 9.17) is 0 Å². The zero-order chi connectivity index (χ0) is 22.7. The van der Waals surface area contributed by atoms with Gasteiger partial charge in [-0.3, -0.25) is 10.1 Å². The molecule has 0 bridgehead atoms. The molecule has 5 aromatic rings. The molecule has 0 atom stereocenters. The molecule has 1 aliphatic carbocycles. The molecule has 0 radical (unpaired) electrons. The summed E-state index contributed by atoms with van der Waals surface area (Å²) in [4.78, 5) is 11.4. The fourth-order valence-electron chi connectivity index (χ4n) is 5.44. The number of aromatic nitrogens is 1. The van der Waals surface area contributed by atoms with Gasteiger partial charge >= 0.3 is 0 Å². The van der Waals surface area contributed by atoms with Gasteiger partial charge in [0.15, 0.2) is 0 Å². The number of rotatable bonds is 3. The summed E-state index contributed by atoms with van der Waals surface area (Å²) in [7, 11) is 0. The van der Waals surface area contributed by atoms with E-state index in [0.29, 0.717) is 5.56 Å². The molecule has 160 valence electrons. The third-order valence-electron chi connectivity index (χ3n) is 6.87. The van der Waals surface area contributed by atoms with Crippen LogP contribution in [-0.2, 0) is 5.41 Å². The number of benzene rings is 4. The van der Waals surface area contributed by atoms with Crippen molar-refractivity contribution in [2.24, 2.45) is 0 Å². The van der Waals surface area contributed by atoms with E-state index in [0.717, 1.165) is 22.2 Å². The molecule has 6 rings (SSSR count). The van der Waals surface area contributed by atoms with Crippen molar-refractivity contribution in [1.82, 2.24) is 4.57 Å². The van der Waals surface area contributed by atoms with Gasteiger partial charge < -0.3 is 4.57 Å². The van der Waals surface area contributed by atoms with E-state index in [1.165, 1.54) is 22.4 Å². The second-order valence-electron chi connectivity index (χ2n) is 9.07. The third-order valence-corrected chi connectivity index (χ3v) is 6.87. The number of nitro benzene ring substituents is 1. The van der Waals surface area contributed by atoms with E-state index >= 15 is 0 Å². The zero-order valence-electron chi connectivity index (χ0n) is 18.4. The van der Waals surface area contributed by atoms with Crippen LogP contribution in [0.15, 0.2) is 97.1 Å². The smallest absolute Gasteiger partial charge is 0.277 e. The molecule has 4 heteroatoms. The van der Waals surface area contributed by atoms with E-state index in [-0.39, 0.29) is 16.0 Å². The van der Waals surface area contributed by atoms with Gasteiger partial charge in [-0.05, 0) is 47.0 Å². The van der Waals surface area contributed by atoms with E-state index < -0.39 is 0 Å². The van der Waals surface area contributed by atoms with Crippen molar-refractivity contribution in [2.75, 3.05) is 0 Å². The number of hydrogen-bond donors (Lipinski definition) is 0. The van der Waals surface area contributed by atoms with Gasteiger partial charge in [-0.15, -0.1) is 0 Å². The van der Waals surface area contributed by atoms with E-state index in [1.54, 1.807) is 12.1 Å². The topological polar surface area (TPSA) is 48.1 Å². The maximum absolute atomic E-state index is 11.7. The number of nitrogens with zero attached hydrogens (tertiary/aromatic N) is 2. The molecule has 4 aromatic carbocycles. The standard InChI is InChI=1S/C29H22N2O2/c1-29(2)24-14-8-6-13-22(24)28-27(29)23-18-19(21-12-7-9-15-26(21)31(32)33)16-17-25(23)30(28)20-10-4-3-5-11-20/h3-18H,1-2H3. The van der Waals surface area contributed by atoms with Crippen molar-refractivity contribution < 1.29 is 4.92 Å². The Kier molecular flexibility index (Phi) is 4.08. The Labute approximate surface area is 191 Å². The van der Waals surface area contributed by atoms with Crippen molar-refractivity contribution in [3.63, 3.8) is 0 Å². The Bertz CT molecular complexity index is 1560. The quantitative estimate of drug-likeness (QED) is 0.220. The Morgan fingerprint density at radius 1 is 0.788 bits per heavy atom. The summed E-state index contributed by atoms with van der Waals surface area (Å²) in [6.45, 7) is 4.54. The monoisotopic (exact) mass is 430 g/mol. The third kappa shape index (κ3) is 2.70. The molecule has 0 saturated heterocycles. The first-order valence-electron chi connectivity index (χ1n) is 11.1. The molecule has 33 heavy (non-hydrogen) atoms. The summed E-state index contributed by atoms with van der Waals surface area (Å²) in [6, 6.07) is 32.2. The molecule has 4 nitrogen and oxygen atoms in total. The lowest BCUT2D eigenvalue weighted by atomic mass is 9.81. The molecule has 1 aromatic heterocycles. The summed E-state index contributed by atoms with van der Waals surface area (Å²) in [5.74, 6) is 0. The first-order chi connectivity index (χ1) is 16.0. The average molecular weight is 431 g/mol. The van der Waals surface area contributed by atoms with Crippen LogP contribution in [0.3, 0.4) is 0 Å². The minimum atomic E-state index is -0.307. The van der Waals surface area contributed by atoms with Gasteiger partial charge in [0, 0.05) is 28.1 Å². The van der Waals surface area contributed by atoms with Gasteiger partial charge in [-0.2, -0.15) is 0 Å². The van der Waals surface area contributed by atoms with E-state index in [1.807, 2.05) is 24.3 Å². The Morgan fingerprint density at radius 3 is 2.21 bits per heavy atom. The maximum atomic E-state index is 11.7. The number of nitro groups is 1. The van der Waals surface area contributed by atoms with Gasteiger partial charge in [0.1, 0.15) is 0 Å². The van der Waals surface area contributed by atoms with E-state index in [2.05, 4.69) is 79.1 Å². The van der Waals surface area contributed by atoms with Crippen LogP contribution >= 0.6 is 0 Å². The van der Waals surface area contributed by atoms with Crippen molar-refractivity contribution in [2.45, 2.75) is 19.3 Å². The van der Waals surface area contributed by atoms with Crippen molar-refractivity contribution >= 4 is 16.6 Å². The first kappa shape index (κ1) is 19.5. The number of fused-ring (bicyclic) bond motifs is 5. The van der Waals surface area contributed by atoms with Gasteiger partial charge in [0.25, 0.3) is 5.69 Å². The van der Waals surface area contributed by atoms with Crippen molar-refractivity contribution in [1.29, 1.82) is 0 Å². The lowest BCUT2D eigenvalue weighted by molar-refractivity contribution is -0.384. The van der Waals surface area contributed by atoms with Crippen LogP contribution in [0.1, 0.15) is 25.0 Å². The number of para-hydroxylation sites is 2. The Hall–Kier alpha value is -4.18. The predicted octanol–water partition coefficient (Wildman–Crippen LogP) is 7.51. The van der Waals surface area contributed by atoms with Gasteiger partial charge in [0.05, 0.1) is 21.7 Å². The minimum absolute atomic E-state index is 0.124. The molecule has 1 aliphatic rings. The fourth-order valence-corrected chi connectivity index (χ4v) is 5.44. The highest BCUT2D eigenvalue weighted by molar-refractivity contribution is 6.01. The second kappa shape index (κ2) is 6.91. The molecule has 0 saturated carbocycles. The molecule has 0 fully saturated rings. The highest BCUT2D eigenvalue weighted by Gasteiger charge is 2.40. The lowest BCUT2D eigenvalue weighted by Crippen LogP contribution is -2.14. The zero-order valence-corrected chi connectivity index (χ0v) is 18.4. The molecule has 0 N–H and O–H groups in total. The molecule has 1 heterocycles. The average Bonchev–Trinajstić information content (AvgIpc) is 3.30. The summed E-state index contributed by atoms with van der Waals surface area (Å²) < 4.78 is 2.33. The lowest BCUT2D eigenvalue weighted by Gasteiger charge is -2.21. The fraction of sp³-hybridized carbons (Fsp3) is 0.103. The molecule has 0 spiro atoms. The highest BCUT2D eigenvalue weighted by Crippen LogP contribution is 2.54. The first-order valence-corrected chi connectivity index (χ1v) is 11.1. The largest absolute Gasteiger partial charge is 0.309 e. The van der Waals surface area contributed by atoms with E-state index in [9.17, 15) is 10.1 Å². The Balaban J connectivity index is 1.73. The summed E-state index contributed by atoms with van der Waals surface area (Å²) in [6.07, 6.45) is 0. The predicted molar refractivity (Wildman–Crippen MR) is 133 cm³/mol. The maximum Gasteiger partial charge on any atom is 0.277 e. The highest BCUT2D eigenvalue weighted by atomic mass is 16.6.